The number of halogens is 1. The highest BCUT2D eigenvalue weighted by Gasteiger charge is 2.17. The van der Waals surface area contributed by atoms with Gasteiger partial charge in [0.1, 0.15) is 5.69 Å². The van der Waals surface area contributed by atoms with E-state index in [2.05, 4.69) is 21.9 Å². The van der Waals surface area contributed by atoms with E-state index in [1.807, 2.05) is 30.7 Å². The number of terminal acetylenes is 1. The zero-order valence-electron chi connectivity index (χ0n) is 9.70. The quantitative estimate of drug-likeness (QED) is 0.783. The highest BCUT2D eigenvalue weighted by molar-refractivity contribution is 9.10. The molecule has 16 heavy (non-hydrogen) atoms. The van der Waals surface area contributed by atoms with Crippen LogP contribution in [0.4, 0.5) is 0 Å². The van der Waals surface area contributed by atoms with E-state index in [9.17, 15) is 4.79 Å². The van der Waals surface area contributed by atoms with Crippen LogP contribution in [-0.2, 0) is 0 Å². The van der Waals surface area contributed by atoms with Gasteiger partial charge in [0.15, 0.2) is 0 Å². The number of amides is 1. The topological polar surface area (TPSA) is 25.2 Å². The standard InChI is InChI=1S/C12H15BrN2O/c1-5-6-14(4)12(16)11-7-10(13)8-15(11)9(2)3/h1,7-9H,6H2,2-4H3. The molecule has 0 aromatic carbocycles. The lowest BCUT2D eigenvalue weighted by Crippen LogP contribution is -2.29. The molecule has 0 unspecified atom stereocenters. The Morgan fingerprint density at radius 3 is 2.81 bits per heavy atom. The highest BCUT2D eigenvalue weighted by Crippen LogP contribution is 2.20. The molecule has 4 heteroatoms. The van der Waals surface area contributed by atoms with Crippen LogP contribution in [0.25, 0.3) is 0 Å². The third-order valence-corrected chi connectivity index (χ3v) is 2.70. The third kappa shape index (κ3) is 2.67. The van der Waals surface area contributed by atoms with Gasteiger partial charge in [0.05, 0.1) is 6.54 Å². The first-order valence-electron chi connectivity index (χ1n) is 5.03. The van der Waals surface area contributed by atoms with Gasteiger partial charge >= 0.3 is 0 Å². The predicted octanol–water partition coefficient (Wildman–Crippen LogP) is 2.54. The molecule has 0 radical (unpaired) electrons. The van der Waals surface area contributed by atoms with Gasteiger partial charge in [-0.15, -0.1) is 6.42 Å². The van der Waals surface area contributed by atoms with E-state index in [-0.39, 0.29) is 11.9 Å². The van der Waals surface area contributed by atoms with Gasteiger partial charge in [-0.2, -0.15) is 0 Å². The molecule has 0 aliphatic carbocycles. The summed E-state index contributed by atoms with van der Waals surface area (Å²) in [5.41, 5.74) is 0.652. The van der Waals surface area contributed by atoms with Gasteiger partial charge in [-0.25, -0.2) is 0 Å². The summed E-state index contributed by atoms with van der Waals surface area (Å²) in [5.74, 6) is 2.40. The summed E-state index contributed by atoms with van der Waals surface area (Å²) in [6, 6.07) is 2.06. The van der Waals surface area contributed by atoms with Crippen LogP contribution in [0, 0.1) is 12.3 Å². The molecule has 1 amide bonds. The molecule has 0 saturated carbocycles. The molecule has 0 aliphatic rings. The summed E-state index contributed by atoms with van der Waals surface area (Å²) >= 11 is 3.38. The maximum atomic E-state index is 12.1. The summed E-state index contributed by atoms with van der Waals surface area (Å²) < 4.78 is 2.83. The summed E-state index contributed by atoms with van der Waals surface area (Å²) in [4.78, 5) is 13.6. The number of rotatable bonds is 3. The third-order valence-electron chi connectivity index (χ3n) is 2.27. The predicted molar refractivity (Wildman–Crippen MR) is 68.3 cm³/mol. The van der Waals surface area contributed by atoms with Gasteiger partial charge in [-0.05, 0) is 35.8 Å². The van der Waals surface area contributed by atoms with Gasteiger partial charge in [-0.3, -0.25) is 4.79 Å². The molecule has 0 N–H and O–H groups in total. The van der Waals surface area contributed by atoms with Crippen LogP contribution in [0.3, 0.4) is 0 Å². The molecule has 86 valence electrons. The van der Waals surface area contributed by atoms with Crippen molar-refractivity contribution in [1.82, 2.24) is 9.47 Å². The van der Waals surface area contributed by atoms with Crippen molar-refractivity contribution in [3.63, 3.8) is 0 Å². The SMILES string of the molecule is C#CCN(C)C(=O)c1cc(Br)cn1C(C)C. The van der Waals surface area contributed by atoms with Crippen LogP contribution in [0.5, 0.6) is 0 Å². The zero-order chi connectivity index (χ0) is 12.3. The summed E-state index contributed by atoms with van der Waals surface area (Å²) in [6.07, 6.45) is 7.09. The Hall–Kier alpha value is -1.21. The number of carbonyl (C=O) groups is 1. The second kappa shape index (κ2) is 5.22. The van der Waals surface area contributed by atoms with Gasteiger partial charge < -0.3 is 9.47 Å². The minimum Gasteiger partial charge on any atom is -0.340 e. The number of aromatic nitrogens is 1. The van der Waals surface area contributed by atoms with E-state index in [0.29, 0.717) is 12.2 Å². The fourth-order valence-corrected chi connectivity index (χ4v) is 1.89. The van der Waals surface area contributed by atoms with E-state index in [1.54, 1.807) is 7.05 Å². The Bertz CT molecular complexity index is 429. The Balaban J connectivity index is 3.04. The average Bonchev–Trinajstić information content (AvgIpc) is 2.59. The lowest BCUT2D eigenvalue weighted by molar-refractivity contribution is 0.0800. The molecule has 0 atom stereocenters. The second-order valence-electron chi connectivity index (χ2n) is 3.91. The fourth-order valence-electron chi connectivity index (χ4n) is 1.45. The Kier molecular flexibility index (Phi) is 4.19. The molecule has 0 aliphatic heterocycles. The molecular weight excluding hydrogens is 268 g/mol. The second-order valence-corrected chi connectivity index (χ2v) is 4.83. The number of nitrogens with zero attached hydrogens (tertiary/aromatic N) is 2. The fraction of sp³-hybridized carbons (Fsp3) is 0.417. The minimum atomic E-state index is -0.0580. The molecule has 3 nitrogen and oxygen atoms in total. The lowest BCUT2D eigenvalue weighted by Gasteiger charge is -2.17. The molecule has 0 bridgehead atoms. The summed E-state index contributed by atoms with van der Waals surface area (Å²) in [6.45, 7) is 4.38. The Morgan fingerprint density at radius 1 is 1.69 bits per heavy atom. The lowest BCUT2D eigenvalue weighted by atomic mass is 10.3. The molecule has 0 fully saturated rings. The van der Waals surface area contributed by atoms with Crippen LogP contribution >= 0.6 is 15.9 Å². The van der Waals surface area contributed by atoms with Crippen molar-refractivity contribution in [3.05, 3.63) is 22.4 Å². The molecule has 1 rings (SSSR count). The van der Waals surface area contributed by atoms with Crippen LogP contribution in [0.1, 0.15) is 30.4 Å². The monoisotopic (exact) mass is 282 g/mol. The van der Waals surface area contributed by atoms with Crippen LogP contribution in [-0.4, -0.2) is 29.0 Å². The van der Waals surface area contributed by atoms with Crippen molar-refractivity contribution < 1.29 is 4.79 Å². The molecule has 1 aromatic heterocycles. The van der Waals surface area contributed by atoms with Crippen molar-refractivity contribution in [3.8, 4) is 12.3 Å². The van der Waals surface area contributed by atoms with Crippen molar-refractivity contribution >= 4 is 21.8 Å². The molecular formula is C12H15BrN2O. The minimum absolute atomic E-state index is 0.0580. The van der Waals surface area contributed by atoms with Gasteiger partial charge in [0, 0.05) is 23.8 Å². The van der Waals surface area contributed by atoms with E-state index < -0.39 is 0 Å². The van der Waals surface area contributed by atoms with E-state index >= 15 is 0 Å². The van der Waals surface area contributed by atoms with E-state index in [1.165, 1.54) is 4.90 Å². The maximum absolute atomic E-state index is 12.1. The maximum Gasteiger partial charge on any atom is 0.271 e. The van der Waals surface area contributed by atoms with Crippen molar-refractivity contribution in [2.24, 2.45) is 0 Å². The van der Waals surface area contributed by atoms with Crippen LogP contribution in [0.2, 0.25) is 0 Å². The first-order chi connectivity index (χ1) is 7.47. The van der Waals surface area contributed by atoms with E-state index in [4.69, 9.17) is 6.42 Å². The largest absolute Gasteiger partial charge is 0.340 e. The van der Waals surface area contributed by atoms with E-state index in [0.717, 1.165) is 4.47 Å². The van der Waals surface area contributed by atoms with Gasteiger partial charge in [0.2, 0.25) is 0 Å². The zero-order valence-corrected chi connectivity index (χ0v) is 11.3. The molecule has 0 spiro atoms. The van der Waals surface area contributed by atoms with Crippen LogP contribution in [0.15, 0.2) is 16.7 Å². The van der Waals surface area contributed by atoms with Crippen molar-refractivity contribution in [2.75, 3.05) is 13.6 Å². The first-order valence-corrected chi connectivity index (χ1v) is 5.83. The average molecular weight is 283 g/mol. The number of carbonyl (C=O) groups excluding carboxylic acids is 1. The Labute approximate surface area is 105 Å². The van der Waals surface area contributed by atoms with Crippen molar-refractivity contribution in [1.29, 1.82) is 0 Å². The number of hydrogen-bond acceptors (Lipinski definition) is 1. The van der Waals surface area contributed by atoms with Gasteiger partial charge in [-0.1, -0.05) is 5.92 Å². The normalized spacial score (nSPS) is 10.2. The Morgan fingerprint density at radius 2 is 2.31 bits per heavy atom. The highest BCUT2D eigenvalue weighted by atomic mass is 79.9. The molecule has 1 heterocycles. The molecule has 0 saturated heterocycles. The van der Waals surface area contributed by atoms with Crippen molar-refractivity contribution in [2.45, 2.75) is 19.9 Å². The summed E-state index contributed by atoms with van der Waals surface area (Å²) in [7, 11) is 1.70. The first kappa shape index (κ1) is 12.9. The molecule has 1 aromatic rings. The smallest absolute Gasteiger partial charge is 0.271 e. The van der Waals surface area contributed by atoms with Gasteiger partial charge in [0.25, 0.3) is 5.91 Å². The van der Waals surface area contributed by atoms with Crippen LogP contribution < -0.4 is 0 Å². The number of hydrogen-bond donors (Lipinski definition) is 0. The summed E-state index contributed by atoms with van der Waals surface area (Å²) in [5, 5.41) is 0.